The lowest BCUT2D eigenvalue weighted by Gasteiger charge is -2.26. The number of piperidine rings is 1. The molecule has 0 aliphatic carbocycles. The van der Waals surface area contributed by atoms with E-state index in [1.165, 1.54) is 0 Å². The fourth-order valence-corrected chi connectivity index (χ4v) is 2.76. The molecule has 0 unspecified atom stereocenters. The van der Waals surface area contributed by atoms with Crippen LogP contribution in [-0.2, 0) is 11.3 Å². The molecule has 0 saturated carbocycles. The molecule has 0 radical (unpaired) electrons. The van der Waals surface area contributed by atoms with E-state index >= 15 is 0 Å². The zero-order chi connectivity index (χ0) is 13.9. The minimum atomic E-state index is 0.158. The summed E-state index contributed by atoms with van der Waals surface area (Å²) in [4.78, 5) is 21.9. The van der Waals surface area contributed by atoms with Crippen molar-refractivity contribution in [1.29, 1.82) is 0 Å². The van der Waals surface area contributed by atoms with Crippen LogP contribution < -0.4 is 5.32 Å². The third kappa shape index (κ3) is 2.67. The van der Waals surface area contributed by atoms with E-state index in [0.29, 0.717) is 6.54 Å². The van der Waals surface area contributed by atoms with Crippen LogP contribution in [0, 0.1) is 5.92 Å². The van der Waals surface area contributed by atoms with Gasteiger partial charge in [0.05, 0.1) is 17.6 Å². The number of amides is 1. The molecule has 2 heterocycles. The van der Waals surface area contributed by atoms with E-state index in [0.717, 1.165) is 42.8 Å². The van der Waals surface area contributed by atoms with Crippen LogP contribution in [0.4, 0.5) is 0 Å². The van der Waals surface area contributed by atoms with Crippen molar-refractivity contribution in [2.24, 2.45) is 5.92 Å². The minimum absolute atomic E-state index is 0.158. The van der Waals surface area contributed by atoms with Gasteiger partial charge in [0.25, 0.3) is 0 Å². The molecule has 1 saturated heterocycles. The number of nitrogens with one attached hydrogen (secondary N) is 2. The number of carbonyl (C=O) groups is 1. The Morgan fingerprint density at radius 1 is 1.35 bits per heavy atom. The van der Waals surface area contributed by atoms with Gasteiger partial charge in [0, 0.05) is 13.0 Å². The number of H-pyrrole nitrogens is 1. The average Bonchev–Trinajstić information content (AvgIpc) is 2.89. The fourth-order valence-electron chi connectivity index (χ4n) is 2.76. The molecule has 20 heavy (non-hydrogen) atoms. The first-order valence-electron chi connectivity index (χ1n) is 7.13. The van der Waals surface area contributed by atoms with E-state index in [9.17, 15) is 4.79 Å². The molecule has 106 valence electrons. The summed E-state index contributed by atoms with van der Waals surface area (Å²) in [6.45, 7) is 2.42. The van der Waals surface area contributed by atoms with Gasteiger partial charge in [-0.05, 0) is 38.1 Å². The molecule has 5 nitrogen and oxygen atoms in total. The SMILES string of the molecule is CN(Cc1nc2ccccc2[nH]1)C(=O)C1CCNCC1. The van der Waals surface area contributed by atoms with Crippen molar-refractivity contribution in [3.05, 3.63) is 30.1 Å². The zero-order valence-corrected chi connectivity index (χ0v) is 11.7. The van der Waals surface area contributed by atoms with Crippen molar-refractivity contribution in [3.8, 4) is 0 Å². The highest BCUT2D eigenvalue weighted by molar-refractivity contribution is 5.79. The summed E-state index contributed by atoms with van der Waals surface area (Å²) in [5.41, 5.74) is 1.97. The Labute approximate surface area is 118 Å². The Kier molecular flexibility index (Phi) is 3.69. The summed E-state index contributed by atoms with van der Waals surface area (Å²) < 4.78 is 0. The van der Waals surface area contributed by atoms with Gasteiger partial charge in [-0.15, -0.1) is 0 Å². The topological polar surface area (TPSA) is 61.0 Å². The second-order valence-electron chi connectivity index (χ2n) is 5.42. The number of rotatable bonds is 3. The monoisotopic (exact) mass is 272 g/mol. The van der Waals surface area contributed by atoms with Crippen molar-refractivity contribution in [2.45, 2.75) is 19.4 Å². The van der Waals surface area contributed by atoms with Gasteiger partial charge >= 0.3 is 0 Å². The normalized spacial score (nSPS) is 16.4. The van der Waals surface area contributed by atoms with Gasteiger partial charge in [0.2, 0.25) is 5.91 Å². The Bertz CT molecular complexity index is 568. The Balaban J connectivity index is 1.68. The lowest BCUT2D eigenvalue weighted by atomic mass is 9.97. The van der Waals surface area contributed by atoms with Crippen LogP contribution in [0.2, 0.25) is 0 Å². The maximum absolute atomic E-state index is 12.4. The lowest BCUT2D eigenvalue weighted by Crippen LogP contribution is -2.39. The molecule has 0 spiro atoms. The number of fused-ring (bicyclic) bond motifs is 1. The first-order chi connectivity index (χ1) is 9.74. The molecule has 1 amide bonds. The Morgan fingerprint density at radius 2 is 2.10 bits per heavy atom. The van der Waals surface area contributed by atoms with E-state index in [2.05, 4.69) is 15.3 Å². The van der Waals surface area contributed by atoms with Crippen LogP contribution in [-0.4, -0.2) is 40.9 Å². The van der Waals surface area contributed by atoms with E-state index in [-0.39, 0.29) is 11.8 Å². The summed E-state index contributed by atoms with van der Waals surface area (Å²) in [6, 6.07) is 7.93. The molecule has 0 bridgehead atoms. The molecule has 1 aromatic carbocycles. The number of aromatic nitrogens is 2. The van der Waals surface area contributed by atoms with Crippen molar-refractivity contribution in [3.63, 3.8) is 0 Å². The van der Waals surface area contributed by atoms with Crippen molar-refractivity contribution < 1.29 is 4.79 Å². The summed E-state index contributed by atoms with van der Waals surface area (Å²) in [5.74, 6) is 1.23. The van der Waals surface area contributed by atoms with E-state index in [1.54, 1.807) is 4.90 Å². The van der Waals surface area contributed by atoms with Crippen molar-refractivity contribution >= 4 is 16.9 Å². The minimum Gasteiger partial charge on any atom is -0.340 e. The Hall–Kier alpha value is -1.88. The summed E-state index contributed by atoms with van der Waals surface area (Å²) in [7, 11) is 1.86. The van der Waals surface area contributed by atoms with Gasteiger partial charge in [-0.2, -0.15) is 0 Å². The van der Waals surface area contributed by atoms with Gasteiger partial charge in [0.15, 0.2) is 0 Å². The summed E-state index contributed by atoms with van der Waals surface area (Å²) in [5, 5.41) is 3.29. The van der Waals surface area contributed by atoms with Gasteiger partial charge in [-0.1, -0.05) is 12.1 Å². The molecule has 1 aliphatic rings. The van der Waals surface area contributed by atoms with Crippen LogP contribution in [0.3, 0.4) is 0 Å². The van der Waals surface area contributed by atoms with Crippen LogP contribution in [0.25, 0.3) is 11.0 Å². The van der Waals surface area contributed by atoms with Crippen LogP contribution in [0.15, 0.2) is 24.3 Å². The number of imidazole rings is 1. The number of nitrogens with zero attached hydrogens (tertiary/aromatic N) is 2. The smallest absolute Gasteiger partial charge is 0.225 e. The molecule has 3 rings (SSSR count). The number of carbonyl (C=O) groups excluding carboxylic acids is 1. The zero-order valence-electron chi connectivity index (χ0n) is 11.7. The number of hydrogen-bond donors (Lipinski definition) is 2. The highest BCUT2D eigenvalue weighted by atomic mass is 16.2. The van der Waals surface area contributed by atoms with Gasteiger partial charge in [0.1, 0.15) is 5.82 Å². The number of benzene rings is 1. The lowest BCUT2D eigenvalue weighted by molar-refractivity contribution is -0.135. The van der Waals surface area contributed by atoms with Crippen molar-refractivity contribution in [2.75, 3.05) is 20.1 Å². The van der Waals surface area contributed by atoms with E-state index in [4.69, 9.17) is 0 Å². The quantitative estimate of drug-likeness (QED) is 0.890. The van der Waals surface area contributed by atoms with Crippen LogP contribution in [0.5, 0.6) is 0 Å². The second-order valence-corrected chi connectivity index (χ2v) is 5.42. The third-order valence-corrected chi connectivity index (χ3v) is 3.89. The number of aromatic amines is 1. The summed E-state index contributed by atoms with van der Waals surface area (Å²) in [6.07, 6.45) is 1.87. The summed E-state index contributed by atoms with van der Waals surface area (Å²) >= 11 is 0. The van der Waals surface area contributed by atoms with E-state index in [1.807, 2.05) is 31.3 Å². The predicted octanol–water partition coefficient (Wildman–Crippen LogP) is 1.52. The molecule has 2 aromatic rings. The fraction of sp³-hybridized carbons (Fsp3) is 0.467. The van der Waals surface area contributed by atoms with Gasteiger partial charge in [-0.3, -0.25) is 4.79 Å². The highest BCUT2D eigenvalue weighted by Crippen LogP contribution is 2.16. The third-order valence-electron chi connectivity index (χ3n) is 3.89. The van der Waals surface area contributed by atoms with Gasteiger partial charge < -0.3 is 15.2 Å². The van der Waals surface area contributed by atoms with Gasteiger partial charge in [-0.25, -0.2) is 4.98 Å². The van der Waals surface area contributed by atoms with Crippen molar-refractivity contribution in [1.82, 2.24) is 20.2 Å². The molecular formula is C15H20N4O. The number of para-hydroxylation sites is 2. The molecule has 1 fully saturated rings. The number of hydrogen-bond acceptors (Lipinski definition) is 3. The maximum atomic E-state index is 12.4. The molecule has 5 heteroatoms. The molecule has 0 atom stereocenters. The second kappa shape index (κ2) is 5.63. The Morgan fingerprint density at radius 3 is 2.85 bits per heavy atom. The standard InChI is InChI=1S/C15H20N4O/c1-19(15(20)11-6-8-16-9-7-11)10-14-17-12-4-2-3-5-13(12)18-14/h2-5,11,16H,6-10H2,1H3,(H,17,18). The first kappa shape index (κ1) is 13.1. The molecule has 2 N–H and O–H groups in total. The molecule has 1 aliphatic heterocycles. The predicted molar refractivity (Wildman–Crippen MR) is 78.2 cm³/mol. The first-order valence-corrected chi connectivity index (χ1v) is 7.13. The molecular weight excluding hydrogens is 252 g/mol. The van der Waals surface area contributed by atoms with E-state index < -0.39 is 0 Å². The van der Waals surface area contributed by atoms with Crippen LogP contribution >= 0.6 is 0 Å². The van der Waals surface area contributed by atoms with Crippen LogP contribution in [0.1, 0.15) is 18.7 Å². The molecule has 1 aromatic heterocycles. The highest BCUT2D eigenvalue weighted by Gasteiger charge is 2.24. The largest absolute Gasteiger partial charge is 0.340 e. The average molecular weight is 272 g/mol. The maximum Gasteiger partial charge on any atom is 0.225 e.